The van der Waals surface area contributed by atoms with E-state index in [1.54, 1.807) is 35.5 Å². The van der Waals surface area contributed by atoms with Gasteiger partial charge in [0, 0.05) is 28.3 Å². The van der Waals surface area contributed by atoms with Gasteiger partial charge in [0.05, 0.1) is 69.5 Å². The number of nitrogens with one attached hydrogen (secondary N) is 1. The van der Waals surface area contributed by atoms with Crippen LogP contribution in [0.4, 0.5) is 0 Å². The van der Waals surface area contributed by atoms with E-state index in [1.807, 2.05) is 86.6 Å². The van der Waals surface area contributed by atoms with Crippen LogP contribution in [-0.2, 0) is 13.0 Å². The van der Waals surface area contributed by atoms with Gasteiger partial charge in [-0.3, -0.25) is 0 Å². The molecule has 9 nitrogen and oxygen atoms in total. The third-order valence-electron chi connectivity index (χ3n) is 10.8. The number of aromatic nitrogens is 2. The Hall–Kier alpha value is -6.58. The van der Waals surface area contributed by atoms with E-state index in [-0.39, 0.29) is 6.10 Å². The van der Waals surface area contributed by atoms with E-state index < -0.39 is 6.10 Å². The number of para-hydroxylation sites is 1. The van der Waals surface area contributed by atoms with E-state index >= 15 is 0 Å². The molecule has 8 aromatic rings. The summed E-state index contributed by atoms with van der Waals surface area (Å²) >= 11 is 0. The number of methoxy groups -OCH3 is 5. The largest absolute Gasteiger partial charge is 0.497 e. The Morgan fingerprint density at radius 1 is 0.586 bits per heavy atom. The smallest absolute Gasteiger partial charge is 0.152 e. The lowest BCUT2D eigenvalue weighted by atomic mass is 9.92. The Balaban J connectivity index is 1.58. The first kappa shape index (κ1) is 38.3. The molecule has 2 N–H and O–H groups in total. The molecule has 0 aliphatic heterocycles. The summed E-state index contributed by atoms with van der Waals surface area (Å²) in [4.78, 5) is 3.77. The molecule has 0 aliphatic rings. The number of aliphatic hydroxyl groups excluding tert-OH is 1. The van der Waals surface area contributed by atoms with Crippen molar-refractivity contribution in [3.05, 3.63) is 132 Å². The minimum Gasteiger partial charge on any atom is -0.497 e. The van der Waals surface area contributed by atoms with Crippen molar-refractivity contribution < 1.29 is 33.5 Å². The van der Waals surface area contributed by atoms with Gasteiger partial charge < -0.3 is 43.1 Å². The second kappa shape index (κ2) is 16.1. The zero-order chi connectivity index (χ0) is 40.5. The predicted octanol–water partition coefficient (Wildman–Crippen LogP) is 10.8. The number of rotatable bonds is 14. The monoisotopic (exact) mass is 776 g/mol. The molecule has 0 amide bonds. The summed E-state index contributed by atoms with van der Waals surface area (Å²) in [7, 11) is 8.36. The van der Waals surface area contributed by atoms with Crippen LogP contribution >= 0.6 is 0 Å². The Bertz CT molecular complexity index is 2690. The van der Waals surface area contributed by atoms with Crippen molar-refractivity contribution in [2.24, 2.45) is 0 Å². The Morgan fingerprint density at radius 3 is 1.66 bits per heavy atom. The quantitative estimate of drug-likeness (QED) is 0.113. The molecule has 0 bridgehead atoms. The van der Waals surface area contributed by atoms with Gasteiger partial charge in [-0.05, 0) is 97.1 Å². The van der Waals surface area contributed by atoms with Crippen LogP contribution in [0, 0.1) is 0 Å². The van der Waals surface area contributed by atoms with Crippen LogP contribution in [0.1, 0.15) is 36.8 Å². The van der Waals surface area contributed by atoms with E-state index in [1.165, 1.54) is 0 Å². The SMILES string of the molecule is COc1ccc(CCn2c(C(O)c3ccc(OC)cc3)c(-c3ccc(OC)cc3)c3c4c([nH]c5c(OC(C)C)cccc54)c(OC)c(-c4ccc(OC)cc4)c32)cc1. The molecule has 0 radical (unpaired) electrons. The molecule has 2 heterocycles. The molecule has 0 aliphatic carbocycles. The number of nitrogens with zero attached hydrogens (tertiary/aromatic N) is 1. The molecule has 0 spiro atoms. The molecule has 6 aromatic carbocycles. The lowest BCUT2D eigenvalue weighted by molar-refractivity contribution is 0.211. The minimum absolute atomic E-state index is 0.0473. The first-order valence-electron chi connectivity index (χ1n) is 19.4. The molecule has 8 rings (SSSR count). The van der Waals surface area contributed by atoms with E-state index in [9.17, 15) is 5.11 Å². The molecular formula is C49H48N2O7. The van der Waals surface area contributed by atoms with Crippen molar-refractivity contribution in [2.75, 3.05) is 35.5 Å². The summed E-state index contributed by atoms with van der Waals surface area (Å²) in [5.41, 5.74) is 8.83. The average molecular weight is 777 g/mol. The molecular weight excluding hydrogens is 729 g/mol. The van der Waals surface area contributed by atoms with Gasteiger partial charge in [0.1, 0.15) is 34.9 Å². The molecule has 2 aromatic heterocycles. The number of aliphatic hydroxyl groups is 1. The number of benzene rings is 6. The van der Waals surface area contributed by atoms with E-state index in [2.05, 4.69) is 52.0 Å². The number of hydrogen-bond donors (Lipinski definition) is 2. The standard InChI is InChI=1S/C49H48N2O7/c1-29(2)58-39-10-8-9-38-42-43-40(31-13-21-35(54-4)22-14-31)47(48(52)33-17-25-37(56-6)26-18-33)51(28-27-30-11-19-34(53-3)20-12-30)46(43)41(32-15-23-36(55-5)24-16-32)49(57-7)45(42)50-44(38)39/h8-26,29,48,50,52H,27-28H2,1-7H3. The van der Waals surface area contributed by atoms with Crippen LogP contribution < -0.4 is 28.4 Å². The summed E-state index contributed by atoms with van der Waals surface area (Å²) < 4.78 is 37.5. The maximum atomic E-state index is 12.9. The van der Waals surface area contributed by atoms with E-state index in [4.69, 9.17) is 28.4 Å². The minimum atomic E-state index is -1.04. The lowest BCUT2D eigenvalue weighted by Gasteiger charge is -2.20. The molecule has 1 unspecified atom stereocenters. The van der Waals surface area contributed by atoms with Gasteiger partial charge in [0.25, 0.3) is 0 Å². The van der Waals surface area contributed by atoms with Gasteiger partial charge >= 0.3 is 0 Å². The van der Waals surface area contributed by atoms with Crippen molar-refractivity contribution in [2.45, 2.75) is 39.0 Å². The fourth-order valence-corrected chi connectivity index (χ4v) is 8.12. The van der Waals surface area contributed by atoms with Gasteiger partial charge in [-0.25, -0.2) is 0 Å². The van der Waals surface area contributed by atoms with Crippen molar-refractivity contribution in [3.63, 3.8) is 0 Å². The predicted molar refractivity (Wildman–Crippen MR) is 231 cm³/mol. The molecule has 0 saturated heterocycles. The van der Waals surface area contributed by atoms with Crippen LogP contribution in [0.3, 0.4) is 0 Å². The maximum absolute atomic E-state index is 12.9. The zero-order valence-electron chi connectivity index (χ0n) is 33.9. The molecule has 0 saturated carbocycles. The summed E-state index contributed by atoms with van der Waals surface area (Å²) in [5.74, 6) is 4.39. The van der Waals surface area contributed by atoms with E-state index in [0.29, 0.717) is 24.5 Å². The van der Waals surface area contributed by atoms with Gasteiger partial charge in [0.15, 0.2) is 5.75 Å². The number of fused-ring (bicyclic) bond motifs is 5. The highest BCUT2D eigenvalue weighted by Gasteiger charge is 2.32. The maximum Gasteiger partial charge on any atom is 0.152 e. The fourth-order valence-electron chi connectivity index (χ4n) is 8.12. The summed E-state index contributed by atoms with van der Waals surface area (Å²) in [6.07, 6.45) is -0.420. The Labute approximate surface area is 338 Å². The van der Waals surface area contributed by atoms with Crippen LogP contribution in [0.2, 0.25) is 0 Å². The number of aromatic amines is 1. The van der Waals surface area contributed by atoms with Gasteiger partial charge in [0.2, 0.25) is 0 Å². The number of H-pyrrole nitrogens is 1. The number of aryl methyl sites for hydroxylation is 2. The zero-order valence-corrected chi connectivity index (χ0v) is 33.9. The highest BCUT2D eigenvalue weighted by molar-refractivity contribution is 6.30. The first-order chi connectivity index (χ1) is 28.3. The molecule has 1 atom stereocenters. The molecule has 0 fully saturated rings. The second-order valence-corrected chi connectivity index (χ2v) is 14.5. The van der Waals surface area contributed by atoms with Crippen molar-refractivity contribution in [3.8, 4) is 56.8 Å². The molecule has 9 heteroatoms. The Morgan fingerprint density at radius 2 is 1.12 bits per heavy atom. The third-order valence-corrected chi connectivity index (χ3v) is 10.8. The van der Waals surface area contributed by atoms with Crippen LogP contribution in [0.25, 0.3) is 55.0 Å². The second-order valence-electron chi connectivity index (χ2n) is 14.5. The van der Waals surface area contributed by atoms with Crippen LogP contribution in [0.5, 0.6) is 34.5 Å². The van der Waals surface area contributed by atoms with E-state index in [0.717, 1.165) is 94.8 Å². The topological polar surface area (TPSA) is 96.3 Å². The van der Waals surface area contributed by atoms with Gasteiger partial charge in [-0.15, -0.1) is 0 Å². The highest BCUT2D eigenvalue weighted by Crippen LogP contribution is 2.53. The van der Waals surface area contributed by atoms with Crippen molar-refractivity contribution in [1.29, 1.82) is 0 Å². The fraction of sp³-hybridized carbons (Fsp3) is 0.224. The highest BCUT2D eigenvalue weighted by atomic mass is 16.5. The summed E-state index contributed by atoms with van der Waals surface area (Å²) in [6.45, 7) is 4.59. The Kier molecular flexibility index (Phi) is 10.6. The van der Waals surface area contributed by atoms with Gasteiger partial charge in [-0.2, -0.15) is 0 Å². The van der Waals surface area contributed by atoms with Gasteiger partial charge in [-0.1, -0.05) is 60.7 Å². The lowest BCUT2D eigenvalue weighted by Crippen LogP contribution is -2.12. The van der Waals surface area contributed by atoms with Crippen molar-refractivity contribution in [1.82, 2.24) is 9.55 Å². The third kappa shape index (κ3) is 6.81. The summed E-state index contributed by atoms with van der Waals surface area (Å²) in [6, 6.07) is 38.0. The molecule has 58 heavy (non-hydrogen) atoms. The van der Waals surface area contributed by atoms with Crippen LogP contribution in [0.15, 0.2) is 115 Å². The molecule has 296 valence electrons. The number of ether oxygens (including phenoxy) is 6. The average Bonchev–Trinajstić information content (AvgIpc) is 3.82. The first-order valence-corrected chi connectivity index (χ1v) is 19.4. The number of hydrogen-bond acceptors (Lipinski definition) is 7. The van der Waals surface area contributed by atoms with Crippen LogP contribution in [-0.4, -0.2) is 56.3 Å². The normalized spacial score (nSPS) is 12.0. The summed E-state index contributed by atoms with van der Waals surface area (Å²) in [5, 5.41) is 15.8. The van der Waals surface area contributed by atoms with Crippen molar-refractivity contribution >= 4 is 32.7 Å².